The van der Waals surface area contributed by atoms with Crippen LogP contribution in [0, 0.1) is 0 Å². The summed E-state index contributed by atoms with van der Waals surface area (Å²) in [7, 11) is 0. The smallest absolute Gasteiger partial charge is 0.305 e. The molecule has 0 aliphatic carbocycles. The lowest BCUT2D eigenvalue weighted by Crippen LogP contribution is -2.09. The lowest BCUT2D eigenvalue weighted by molar-refractivity contribution is -0.143. The maximum absolute atomic E-state index is 11.4. The van der Waals surface area contributed by atoms with Crippen molar-refractivity contribution in [3.8, 4) is 0 Å². The van der Waals surface area contributed by atoms with Crippen LogP contribution in [0.1, 0.15) is 110 Å². The van der Waals surface area contributed by atoms with Crippen LogP contribution < -0.4 is 5.73 Å². The quantitative estimate of drug-likeness (QED) is 0.272. The van der Waals surface area contributed by atoms with Crippen molar-refractivity contribution < 1.29 is 14.3 Å². The summed E-state index contributed by atoms with van der Waals surface area (Å²) < 4.78 is 5.23. The van der Waals surface area contributed by atoms with Crippen LogP contribution in [-0.2, 0) is 14.3 Å². The third-order valence-electron chi connectivity index (χ3n) is 4.32. The molecule has 0 saturated carbocycles. The molecule has 2 N–H and O–H groups in total. The highest BCUT2D eigenvalue weighted by molar-refractivity contribution is 5.73. The van der Waals surface area contributed by atoms with E-state index in [2.05, 4.69) is 6.92 Å². The first kappa shape index (κ1) is 22.9. The van der Waals surface area contributed by atoms with Gasteiger partial charge in [0.2, 0.25) is 5.91 Å². The minimum atomic E-state index is -0.179. The molecule has 0 aromatic carbocycles. The molecule has 1 amide bonds. The Kier molecular flexibility index (Phi) is 17.5. The molecule has 0 saturated heterocycles. The second-order valence-electron chi connectivity index (χ2n) is 6.78. The molecule has 142 valence electrons. The fraction of sp³-hybridized carbons (Fsp3) is 0.900. The molecule has 0 heterocycles. The van der Waals surface area contributed by atoms with E-state index in [0.29, 0.717) is 19.4 Å². The molecule has 0 rings (SSSR count). The molecule has 0 atom stereocenters. The lowest BCUT2D eigenvalue weighted by atomic mass is 10.1. The molecule has 0 fully saturated rings. The second-order valence-corrected chi connectivity index (χ2v) is 6.78. The largest absolute Gasteiger partial charge is 0.466 e. The minimum Gasteiger partial charge on any atom is -0.466 e. The highest BCUT2D eigenvalue weighted by Gasteiger charge is 2.01. The highest BCUT2D eigenvalue weighted by Crippen LogP contribution is 2.12. The number of hydrogen-bond acceptors (Lipinski definition) is 3. The number of carbonyl (C=O) groups is 2. The van der Waals surface area contributed by atoms with Crippen LogP contribution in [-0.4, -0.2) is 18.5 Å². The van der Waals surface area contributed by atoms with E-state index in [9.17, 15) is 9.59 Å². The fourth-order valence-corrected chi connectivity index (χ4v) is 2.77. The summed E-state index contributed by atoms with van der Waals surface area (Å²) in [5.74, 6) is -0.208. The van der Waals surface area contributed by atoms with Crippen molar-refractivity contribution in [1.29, 1.82) is 0 Å². The van der Waals surface area contributed by atoms with E-state index in [4.69, 9.17) is 10.5 Å². The number of rotatable bonds is 18. The summed E-state index contributed by atoms with van der Waals surface area (Å²) in [6, 6.07) is 0. The monoisotopic (exact) mass is 341 g/mol. The number of unbranched alkanes of at least 4 members (excludes halogenated alkanes) is 12. The Balaban J connectivity index is 3.10. The zero-order valence-corrected chi connectivity index (χ0v) is 15.8. The molecule has 0 radical (unpaired) electrons. The van der Waals surface area contributed by atoms with Crippen LogP contribution in [0.3, 0.4) is 0 Å². The van der Waals surface area contributed by atoms with Gasteiger partial charge < -0.3 is 10.5 Å². The van der Waals surface area contributed by atoms with Gasteiger partial charge in [-0.2, -0.15) is 0 Å². The summed E-state index contributed by atoms with van der Waals surface area (Å²) in [6.07, 6.45) is 17.5. The predicted octanol–water partition coefficient (Wildman–Crippen LogP) is 5.28. The normalized spacial score (nSPS) is 10.7. The van der Waals surface area contributed by atoms with E-state index in [1.54, 1.807) is 0 Å². The van der Waals surface area contributed by atoms with Gasteiger partial charge in [0.05, 0.1) is 6.61 Å². The van der Waals surface area contributed by atoms with E-state index >= 15 is 0 Å². The molecule has 0 aromatic heterocycles. The summed E-state index contributed by atoms with van der Waals surface area (Å²) in [4.78, 5) is 22.0. The van der Waals surface area contributed by atoms with E-state index in [1.165, 1.54) is 44.9 Å². The Morgan fingerprint density at radius 2 is 1.12 bits per heavy atom. The molecule has 24 heavy (non-hydrogen) atoms. The van der Waals surface area contributed by atoms with Crippen LogP contribution in [0.15, 0.2) is 0 Å². The van der Waals surface area contributed by atoms with Crippen LogP contribution in [0.25, 0.3) is 0 Å². The van der Waals surface area contributed by atoms with Gasteiger partial charge in [-0.25, -0.2) is 0 Å². The first-order valence-electron chi connectivity index (χ1n) is 10.1. The summed E-state index contributed by atoms with van der Waals surface area (Å²) in [5, 5.41) is 0. The second kappa shape index (κ2) is 18.3. The van der Waals surface area contributed by atoms with Crippen molar-refractivity contribution in [2.45, 2.75) is 110 Å². The van der Waals surface area contributed by atoms with E-state index in [-0.39, 0.29) is 11.9 Å². The minimum absolute atomic E-state index is 0.0284. The molecule has 4 nitrogen and oxygen atoms in total. The molecule has 4 heteroatoms. The van der Waals surface area contributed by atoms with Gasteiger partial charge in [0.25, 0.3) is 0 Å². The Bertz CT molecular complexity index is 305. The topological polar surface area (TPSA) is 69.4 Å². The maximum atomic E-state index is 11.4. The number of nitrogens with two attached hydrogens (primary N) is 1. The maximum Gasteiger partial charge on any atom is 0.305 e. The Labute approximate surface area is 148 Å². The molecule has 0 spiro atoms. The van der Waals surface area contributed by atoms with Crippen molar-refractivity contribution in [2.24, 2.45) is 5.73 Å². The SMILES string of the molecule is CCCCCC(=O)OCCCCCCCCCCCCCC(N)=O. The standard InChI is InChI=1S/C20H39NO3/c1-2-3-13-17-20(23)24-18-15-12-10-8-6-4-5-7-9-11-14-16-19(21)22/h2-18H2,1H3,(H2,21,22). The number of amides is 1. The predicted molar refractivity (Wildman–Crippen MR) is 99.7 cm³/mol. The van der Waals surface area contributed by atoms with Gasteiger partial charge in [-0.15, -0.1) is 0 Å². The van der Waals surface area contributed by atoms with Gasteiger partial charge in [0, 0.05) is 12.8 Å². The summed E-state index contributed by atoms with van der Waals surface area (Å²) in [5.41, 5.74) is 5.11. The molecule has 0 unspecified atom stereocenters. The van der Waals surface area contributed by atoms with Crippen molar-refractivity contribution >= 4 is 11.9 Å². The Hall–Kier alpha value is -1.06. The van der Waals surface area contributed by atoms with Crippen molar-refractivity contribution in [3.05, 3.63) is 0 Å². The van der Waals surface area contributed by atoms with Gasteiger partial charge in [0.1, 0.15) is 0 Å². The Morgan fingerprint density at radius 3 is 1.62 bits per heavy atom. The van der Waals surface area contributed by atoms with Crippen LogP contribution in [0.5, 0.6) is 0 Å². The average molecular weight is 342 g/mol. The summed E-state index contributed by atoms with van der Waals surface area (Å²) >= 11 is 0. The fourth-order valence-electron chi connectivity index (χ4n) is 2.77. The van der Waals surface area contributed by atoms with E-state index in [1.807, 2.05) is 0 Å². The average Bonchev–Trinajstić information content (AvgIpc) is 2.55. The van der Waals surface area contributed by atoms with Gasteiger partial charge in [-0.1, -0.05) is 77.6 Å². The third-order valence-corrected chi connectivity index (χ3v) is 4.32. The van der Waals surface area contributed by atoms with Gasteiger partial charge >= 0.3 is 5.97 Å². The molecule has 0 aromatic rings. The van der Waals surface area contributed by atoms with E-state index < -0.39 is 0 Å². The molecule has 0 aliphatic rings. The van der Waals surface area contributed by atoms with Crippen LogP contribution in [0.4, 0.5) is 0 Å². The highest BCUT2D eigenvalue weighted by atomic mass is 16.5. The first-order chi connectivity index (χ1) is 11.7. The number of esters is 1. The van der Waals surface area contributed by atoms with Gasteiger partial charge in [-0.3, -0.25) is 9.59 Å². The van der Waals surface area contributed by atoms with Gasteiger partial charge in [0.15, 0.2) is 0 Å². The molecular weight excluding hydrogens is 302 g/mol. The molecular formula is C20H39NO3. The number of carbonyl (C=O) groups excluding carboxylic acids is 2. The van der Waals surface area contributed by atoms with Crippen molar-refractivity contribution in [1.82, 2.24) is 0 Å². The first-order valence-corrected chi connectivity index (χ1v) is 10.1. The van der Waals surface area contributed by atoms with E-state index in [0.717, 1.165) is 44.9 Å². The number of primary amides is 1. The number of ether oxygens (including phenoxy) is 1. The zero-order chi connectivity index (χ0) is 17.9. The van der Waals surface area contributed by atoms with Gasteiger partial charge in [-0.05, 0) is 19.3 Å². The Morgan fingerprint density at radius 1 is 0.667 bits per heavy atom. The van der Waals surface area contributed by atoms with Crippen molar-refractivity contribution in [2.75, 3.05) is 6.61 Å². The van der Waals surface area contributed by atoms with Crippen LogP contribution >= 0.6 is 0 Å². The zero-order valence-electron chi connectivity index (χ0n) is 15.8. The number of hydrogen-bond donors (Lipinski definition) is 1. The third kappa shape index (κ3) is 19.0. The van der Waals surface area contributed by atoms with Crippen LogP contribution in [0.2, 0.25) is 0 Å². The summed E-state index contributed by atoms with van der Waals surface area (Å²) in [6.45, 7) is 2.73. The van der Waals surface area contributed by atoms with Crippen molar-refractivity contribution in [3.63, 3.8) is 0 Å². The molecule has 0 aliphatic heterocycles. The lowest BCUT2D eigenvalue weighted by Gasteiger charge is -2.05. The molecule has 0 bridgehead atoms.